The molecule has 0 fully saturated rings. The minimum atomic E-state index is 0.681. The fourth-order valence-corrected chi connectivity index (χ4v) is 2.00. The summed E-state index contributed by atoms with van der Waals surface area (Å²) in [6.45, 7) is 2.23. The minimum absolute atomic E-state index is 0.681. The average molecular weight is 241 g/mol. The normalized spacial score (nSPS) is 17.0. The first-order valence-electron chi connectivity index (χ1n) is 6.08. The first-order chi connectivity index (χ1) is 8.92. The van der Waals surface area contributed by atoms with Gasteiger partial charge in [0.25, 0.3) is 0 Å². The summed E-state index contributed by atoms with van der Waals surface area (Å²) in [6, 6.07) is 6.29. The second-order valence-corrected chi connectivity index (χ2v) is 4.33. The molecule has 5 heteroatoms. The molecule has 0 bridgehead atoms. The van der Waals surface area contributed by atoms with Gasteiger partial charge in [0.1, 0.15) is 0 Å². The van der Waals surface area contributed by atoms with Crippen LogP contribution in [-0.4, -0.2) is 12.8 Å². The smallest absolute Gasteiger partial charge is 0.0853 e. The van der Waals surface area contributed by atoms with E-state index in [1.807, 2.05) is 12.3 Å². The molecule has 1 aromatic carbocycles. The summed E-state index contributed by atoms with van der Waals surface area (Å²) < 4.78 is 0. The molecule has 3 rings (SSSR count). The molecule has 0 aliphatic carbocycles. The quantitative estimate of drug-likeness (QED) is 0.798. The van der Waals surface area contributed by atoms with Crippen molar-refractivity contribution in [2.24, 2.45) is 15.2 Å². The lowest BCUT2D eigenvalue weighted by atomic mass is 10.1. The number of anilines is 1. The van der Waals surface area contributed by atoms with Crippen LogP contribution in [0, 0.1) is 0 Å². The minimum Gasteiger partial charge on any atom is -0.305 e. The van der Waals surface area contributed by atoms with Crippen LogP contribution >= 0.6 is 0 Å². The van der Waals surface area contributed by atoms with E-state index >= 15 is 0 Å². The predicted molar refractivity (Wildman–Crippen MR) is 71.5 cm³/mol. The van der Waals surface area contributed by atoms with Gasteiger partial charge in [0.2, 0.25) is 0 Å². The Morgan fingerprint density at radius 3 is 2.72 bits per heavy atom. The van der Waals surface area contributed by atoms with Gasteiger partial charge in [-0.15, -0.1) is 0 Å². The van der Waals surface area contributed by atoms with Gasteiger partial charge in [-0.05, 0) is 29.3 Å². The number of aliphatic imine (C=N–C) groups is 1. The molecule has 92 valence electrons. The summed E-state index contributed by atoms with van der Waals surface area (Å²) >= 11 is 0. The number of nitrogens with one attached hydrogen (secondary N) is 2. The maximum Gasteiger partial charge on any atom is 0.0853 e. The molecular formula is C13H15N5. The molecule has 1 aromatic rings. The van der Waals surface area contributed by atoms with Crippen LogP contribution in [0.4, 0.5) is 5.69 Å². The Bertz CT molecular complexity index is 530. The van der Waals surface area contributed by atoms with E-state index in [1.54, 1.807) is 0 Å². The van der Waals surface area contributed by atoms with Gasteiger partial charge in [-0.3, -0.25) is 4.99 Å². The van der Waals surface area contributed by atoms with Crippen LogP contribution in [0.2, 0.25) is 0 Å². The third-order valence-corrected chi connectivity index (χ3v) is 3.05. The SMILES string of the molecule is C1=NCCC(NNc2ccc3c(c2)CN=NC3)=C1. The lowest BCUT2D eigenvalue weighted by molar-refractivity contribution is 0.788. The van der Waals surface area contributed by atoms with Crippen LogP contribution < -0.4 is 10.9 Å². The van der Waals surface area contributed by atoms with Crippen LogP contribution in [0.1, 0.15) is 17.5 Å². The second-order valence-electron chi connectivity index (χ2n) is 4.33. The van der Waals surface area contributed by atoms with E-state index in [-0.39, 0.29) is 0 Å². The Balaban J connectivity index is 1.66. The molecule has 0 aromatic heterocycles. The molecular weight excluding hydrogens is 226 g/mol. The first kappa shape index (κ1) is 11.0. The number of fused-ring (bicyclic) bond motifs is 1. The maximum absolute atomic E-state index is 4.15. The predicted octanol–water partition coefficient (Wildman–Crippen LogP) is 2.43. The lowest BCUT2D eigenvalue weighted by Crippen LogP contribution is -2.22. The zero-order chi connectivity index (χ0) is 12.2. The van der Waals surface area contributed by atoms with E-state index in [9.17, 15) is 0 Å². The van der Waals surface area contributed by atoms with Crippen LogP contribution in [0.15, 0.2) is 45.2 Å². The molecule has 2 heterocycles. The van der Waals surface area contributed by atoms with Crippen molar-refractivity contribution >= 4 is 11.9 Å². The highest BCUT2D eigenvalue weighted by Crippen LogP contribution is 2.20. The van der Waals surface area contributed by atoms with Gasteiger partial charge in [-0.25, -0.2) is 0 Å². The Kier molecular flexibility index (Phi) is 3.04. The number of rotatable bonds is 3. The third-order valence-electron chi connectivity index (χ3n) is 3.05. The highest BCUT2D eigenvalue weighted by atomic mass is 15.4. The van der Waals surface area contributed by atoms with E-state index in [1.165, 1.54) is 11.1 Å². The fraction of sp³-hybridized carbons (Fsp3) is 0.308. The Labute approximate surface area is 106 Å². The molecule has 0 saturated heterocycles. The molecule has 0 atom stereocenters. The first-order valence-corrected chi connectivity index (χ1v) is 6.08. The van der Waals surface area contributed by atoms with Crippen LogP contribution in [0.25, 0.3) is 0 Å². The summed E-state index contributed by atoms with van der Waals surface area (Å²) in [5, 5.41) is 8.09. The summed E-state index contributed by atoms with van der Waals surface area (Å²) in [5.41, 5.74) is 11.1. The molecule has 0 saturated carbocycles. The number of dihydropyridines is 1. The standard InChI is InChI=1S/C13H15N5/c1-2-13(7-11-9-16-15-8-10(1)11)18-17-12-3-5-14-6-4-12/h1-3,5,7,17-18H,4,6,8-9H2. The third kappa shape index (κ3) is 2.40. The molecule has 18 heavy (non-hydrogen) atoms. The van der Waals surface area contributed by atoms with Crippen molar-refractivity contribution in [2.45, 2.75) is 19.5 Å². The zero-order valence-corrected chi connectivity index (χ0v) is 10.1. The molecule has 0 spiro atoms. The van der Waals surface area contributed by atoms with Crippen molar-refractivity contribution in [1.29, 1.82) is 0 Å². The van der Waals surface area contributed by atoms with Gasteiger partial charge >= 0.3 is 0 Å². The Morgan fingerprint density at radius 1 is 1.00 bits per heavy atom. The van der Waals surface area contributed by atoms with Gasteiger partial charge < -0.3 is 10.9 Å². The number of allylic oxidation sites excluding steroid dienone is 1. The maximum atomic E-state index is 4.15. The Morgan fingerprint density at radius 2 is 1.89 bits per heavy atom. The highest BCUT2D eigenvalue weighted by Gasteiger charge is 2.07. The second kappa shape index (κ2) is 5.00. The molecule has 2 aliphatic heterocycles. The summed E-state index contributed by atoms with van der Waals surface area (Å²) in [6.07, 6.45) is 4.77. The van der Waals surface area contributed by atoms with Crippen LogP contribution in [-0.2, 0) is 13.1 Å². The summed E-state index contributed by atoms with van der Waals surface area (Å²) in [4.78, 5) is 4.15. The van der Waals surface area contributed by atoms with E-state index in [2.05, 4.69) is 44.3 Å². The topological polar surface area (TPSA) is 61.1 Å². The number of nitrogens with zero attached hydrogens (tertiary/aromatic N) is 3. The molecule has 0 unspecified atom stereocenters. The van der Waals surface area contributed by atoms with Gasteiger partial charge in [0.15, 0.2) is 0 Å². The molecule has 0 amide bonds. The molecule has 2 aliphatic rings. The van der Waals surface area contributed by atoms with E-state index in [4.69, 9.17) is 0 Å². The highest BCUT2D eigenvalue weighted by molar-refractivity contribution is 5.73. The fourth-order valence-electron chi connectivity index (χ4n) is 2.00. The number of hydrogen-bond acceptors (Lipinski definition) is 5. The zero-order valence-electron chi connectivity index (χ0n) is 10.1. The number of hydrogen-bond donors (Lipinski definition) is 2. The largest absolute Gasteiger partial charge is 0.305 e. The van der Waals surface area contributed by atoms with Crippen molar-refractivity contribution in [2.75, 3.05) is 12.0 Å². The van der Waals surface area contributed by atoms with Gasteiger partial charge in [-0.2, -0.15) is 10.2 Å². The van der Waals surface area contributed by atoms with E-state index < -0.39 is 0 Å². The van der Waals surface area contributed by atoms with Gasteiger partial charge in [-0.1, -0.05) is 6.07 Å². The summed E-state index contributed by atoms with van der Waals surface area (Å²) in [5.74, 6) is 0. The van der Waals surface area contributed by atoms with Gasteiger partial charge in [0.05, 0.1) is 18.8 Å². The van der Waals surface area contributed by atoms with Crippen molar-refractivity contribution in [3.63, 3.8) is 0 Å². The van der Waals surface area contributed by atoms with Gasteiger partial charge in [0, 0.05) is 24.9 Å². The Hall–Kier alpha value is -2.17. The monoisotopic (exact) mass is 241 g/mol. The average Bonchev–Trinajstić information content (AvgIpc) is 2.46. The van der Waals surface area contributed by atoms with Crippen molar-refractivity contribution in [3.05, 3.63) is 41.1 Å². The molecule has 5 nitrogen and oxygen atoms in total. The lowest BCUT2D eigenvalue weighted by Gasteiger charge is -2.16. The van der Waals surface area contributed by atoms with E-state index in [0.29, 0.717) is 13.1 Å². The summed E-state index contributed by atoms with van der Waals surface area (Å²) in [7, 11) is 0. The molecule has 2 N–H and O–H groups in total. The van der Waals surface area contributed by atoms with E-state index in [0.717, 1.165) is 24.4 Å². The van der Waals surface area contributed by atoms with Crippen molar-refractivity contribution in [1.82, 2.24) is 5.43 Å². The van der Waals surface area contributed by atoms with Crippen molar-refractivity contribution in [3.8, 4) is 0 Å². The van der Waals surface area contributed by atoms with Crippen LogP contribution in [0.3, 0.4) is 0 Å². The number of hydrazine groups is 1. The molecule has 0 radical (unpaired) electrons. The number of azo groups is 1. The van der Waals surface area contributed by atoms with Crippen LogP contribution in [0.5, 0.6) is 0 Å². The number of benzene rings is 1. The van der Waals surface area contributed by atoms with Crippen molar-refractivity contribution < 1.29 is 0 Å².